The summed E-state index contributed by atoms with van der Waals surface area (Å²) in [6, 6.07) is 16.7. The largest absolute Gasteiger partial charge is 0.320 e. The number of aromatic nitrogens is 2. The Kier molecular flexibility index (Phi) is 4.90. The van der Waals surface area contributed by atoms with Gasteiger partial charge >= 0.3 is 0 Å². The molecule has 0 fully saturated rings. The summed E-state index contributed by atoms with van der Waals surface area (Å²) in [4.78, 5) is 7.46. The molecule has 0 bridgehead atoms. The quantitative estimate of drug-likeness (QED) is 0.369. The summed E-state index contributed by atoms with van der Waals surface area (Å²) in [6.07, 6.45) is 4.27. The van der Waals surface area contributed by atoms with Crippen molar-refractivity contribution in [1.29, 1.82) is 0 Å². The van der Waals surface area contributed by atoms with E-state index in [-0.39, 0.29) is 0 Å². The van der Waals surface area contributed by atoms with Gasteiger partial charge in [-0.05, 0) is 86.0 Å². The van der Waals surface area contributed by atoms with Gasteiger partial charge in [-0.25, -0.2) is 4.98 Å². The van der Waals surface area contributed by atoms with Gasteiger partial charge in [-0.15, -0.1) is 11.3 Å². The number of hydrogen-bond acceptors (Lipinski definition) is 2. The molecule has 2 nitrogen and oxygen atoms in total. The number of hydrogen-bond donors (Lipinski definition) is 0. The molecule has 136 valence electrons. The van der Waals surface area contributed by atoms with E-state index in [1.54, 1.807) is 11.3 Å². The van der Waals surface area contributed by atoms with Crippen molar-refractivity contribution >= 4 is 46.1 Å². The van der Waals surface area contributed by atoms with Crippen LogP contribution in [-0.4, -0.2) is 9.55 Å². The third-order valence-corrected chi connectivity index (χ3v) is 6.02. The number of imidazole rings is 1. The van der Waals surface area contributed by atoms with Crippen molar-refractivity contribution in [3.63, 3.8) is 0 Å². The van der Waals surface area contributed by atoms with Crippen molar-refractivity contribution in [3.8, 4) is 0 Å². The fourth-order valence-corrected chi connectivity index (χ4v) is 4.07. The van der Waals surface area contributed by atoms with E-state index in [4.69, 9.17) is 16.6 Å². The van der Waals surface area contributed by atoms with Gasteiger partial charge in [0.05, 0.1) is 11.0 Å². The minimum Gasteiger partial charge on any atom is -0.320 e. The van der Waals surface area contributed by atoms with Crippen molar-refractivity contribution in [2.24, 2.45) is 0 Å². The van der Waals surface area contributed by atoms with Crippen molar-refractivity contribution in [2.75, 3.05) is 0 Å². The minimum atomic E-state index is 0.758. The molecule has 0 spiro atoms. The van der Waals surface area contributed by atoms with E-state index in [2.05, 4.69) is 73.9 Å². The molecule has 2 aromatic heterocycles. The Morgan fingerprint density at radius 1 is 0.963 bits per heavy atom. The van der Waals surface area contributed by atoms with E-state index in [1.165, 1.54) is 26.4 Å². The first-order valence-corrected chi connectivity index (χ1v) is 10.2. The maximum atomic E-state index is 6.05. The molecule has 0 saturated carbocycles. The first-order valence-electron chi connectivity index (χ1n) is 8.96. The molecule has 4 heteroatoms. The fourth-order valence-electron chi connectivity index (χ4n) is 3.16. The summed E-state index contributed by atoms with van der Waals surface area (Å²) in [6.45, 7) is 7.18. The van der Waals surface area contributed by atoms with Gasteiger partial charge in [0.2, 0.25) is 0 Å². The summed E-state index contributed by atoms with van der Waals surface area (Å²) in [5, 5.41) is 0.758. The van der Waals surface area contributed by atoms with Crippen LogP contribution in [0.1, 0.15) is 32.3 Å². The standard InChI is InChI=1S/C23H21ClN2S/c1-15-12-21-22(13-16(15)2)26(14-18-5-7-19(24)8-6-18)23(25-21)11-10-20-9-4-17(3)27-20/h4-13H,14H2,1-3H3. The molecule has 2 aromatic carbocycles. The average molecular weight is 393 g/mol. The molecule has 0 atom stereocenters. The third kappa shape index (κ3) is 3.85. The maximum Gasteiger partial charge on any atom is 0.134 e. The first-order chi connectivity index (χ1) is 13.0. The molecule has 0 aliphatic rings. The highest BCUT2D eigenvalue weighted by molar-refractivity contribution is 7.12. The van der Waals surface area contributed by atoms with Crippen molar-refractivity contribution < 1.29 is 0 Å². The fraction of sp³-hybridized carbons (Fsp3) is 0.174. The van der Waals surface area contributed by atoms with Crippen LogP contribution in [0.3, 0.4) is 0 Å². The van der Waals surface area contributed by atoms with Gasteiger partial charge in [-0.1, -0.05) is 23.7 Å². The SMILES string of the molecule is Cc1ccc(C=Cc2nc3cc(C)c(C)cc3n2Cc2ccc(Cl)cc2)s1. The number of aryl methyl sites for hydroxylation is 3. The van der Waals surface area contributed by atoms with Crippen LogP contribution >= 0.6 is 22.9 Å². The van der Waals surface area contributed by atoms with Crippen LogP contribution in [0.2, 0.25) is 5.02 Å². The highest BCUT2D eigenvalue weighted by atomic mass is 35.5. The minimum absolute atomic E-state index is 0.758. The first kappa shape index (κ1) is 18.0. The lowest BCUT2D eigenvalue weighted by molar-refractivity contribution is 0.813. The molecule has 0 unspecified atom stereocenters. The van der Waals surface area contributed by atoms with Crippen LogP contribution < -0.4 is 0 Å². The summed E-state index contributed by atoms with van der Waals surface area (Å²) < 4.78 is 2.28. The van der Waals surface area contributed by atoms with Gasteiger partial charge < -0.3 is 4.57 Å². The summed E-state index contributed by atoms with van der Waals surface area (Å²) in [7, 11) is 0. The Morgan fingerprint density at radius 3 is 2.41 bits per heavy atom. The molecule has 0 N–H and O–H groups in total. The zero-order valence-corrected chi connectivity index (χ0v) is 17.2. The van der Waals surface area contributed by atoms with E-state index >= 15 is 0 Å². The van der Waals surface area contributed by atoms with Crippen molar-refractivity contribution in [1.82, 2.24) is 9.55 Å². The predicted molar refractivity (Wildman–Crippen MR) is 118 cm³/mol. The van der Waals surface area contributed by atoms with Crippen LogP contribution in [-0.2, 0) is 6.54 Å². The Balaban J connectivity index is 1.80. The van der Waals surface area contributed by atoms with Crippen LogP contribution in [0.4, 0.5) is 0 Å². The van der Waals surface area contributed by atoms with Gasteiger partial charge in [0.25, 0.3) is 0 Å². The highest BCUT2D eigenvalue weighted by Crippen LogP contribution is 2.24. The topological polar surface area (TPSA) is 17.8 Å². The molecule has 2 heterocycles. The second-order valence-electron chi connectivity index (χ2n) is 6.89. The second kappa shape index (κ2) is 7.34. The Labute approximate surface area is 168 Å². The number of nitrogens with zero attached hydrogens (tertiary/aromatic N) is 2. The summed E-state index contributed by atoms with van der Waals surface area (Å²) in [5.41, 5.74) is 5.95. The molecule has 0 saturated heterocycles. The van der Waals surface area contributed by atoms with Gasteiger partial charge in [-0.2, -0.15) is 0 Å². The molecule has 4 rings (SSSR count). The van der Waals surface area contributed by atoms with E-state index < -0.39 is 0 Å². The molecule has 4 aromatic rings. The predicted octanol–water partition coefficient (Wildman–Crippen LogP) is 6.90. The van der Waals surface area contributed by atoms with Gasteiger partial charge in [-0.3, -0.25) is 0 Å². The van der Waals surface area contributed by atoms with Crippen LogP contribution in [0.5, 0.6) is 0 Å². The van der Waals surface area contributed by atoms with E-state index in [1.807, 2.05) is 12.1 Å². The van der Waals surface area contributed by atoms with E-state index in [0.29, 0.717) is 0 Å². The molecular formula is C23H21ClN2S. The van der Waals surface area contributed by atoms with Crippen LogP contribution in [0.15, 0.2) is 48.5 Å². The summed E-state index contributed by atoms with van der Waals surface area (Å²) >= 11 is 7.84. The molecule has 0 aliphatic heterocycles. The molecule has 0 aliphatic carbocycles. The summed E-state index contributed by atoms with van der Waals surface area (Å²) in [5.74, 6) is 0.969. The lowest BCUT2D eigenvalue weighted by atomic mass is 10.1. The van der Waals surface area contributed by atoms with Crippen LogP contribution in [0.25, 0.3) is 23.2 Å². The van der Waals surface area contributed by atoms with Gasteiger partial charge in [0.1, 0.15) is 5.82 Å². The number of halogens is 1. The number of fused-ring (bicyclic) bond motifs is 1. The third-order valence-electron chi connectivity index (χ3n) is 4.80. The zero-order valence-electron chi connectivity index (χ0n) is 15.7. The Morgan fingerprint density at radius 2 is 1.70 bits per heavy atom. The smallest absolute Gasteiger partial charge is 0.134 e. The van der Waals surface area contributed by atoms with Crippen molar-refractivity contribution in [3.05, 3.63) is 85.8 Å². The number of rotatable bonds is 4. The maximum absolute atomic E-state index is 6.05. The van der Waals surface area contributed by atoms with Gasteiger partial charge in [0.15, 0.2) is 0 Å². The number of thiophene rings is 1. The monoisotopic (exact) mass is 392 g/mol. The highest BCUT2D eigenvalue weighted by Gasteiger charge is 2.11. The molecular weight excluding hydrogens is 372 g/mol. The number of benzene rings is 2. The van der Waals surface area contributed by atoms with Crippen molar-refractivity contribution in [2.45, 2.75) is 27.3 Å². The van der Waals surface area contributed by atoms with E-state index in [0.717, 1.165) is 28.4 Å². The lowest BCUT2D eigenvalue weighted by Crippen LogP contribution is -2.02. The average Bonchev–Trinajstić information content (AvgIpc) is 3.19. The van der Waals surface area contributed by atoms with Crippen LogP contribution in [0, 0.1) is 20.8 Å². The van der Waals surface area contributed by atoms with Gasteiger partial charge in [0, 0.05) is 21.3 Å². The molecule has 0 radical (unpaired) electrons. The molecule has 27 heavy (non-hydrogen) atoms. The normalized spacial score (nSPS) is 11.7. The van der Waals surface area contributed by atoms with E-state index in [9.17, 15) is 0 Å². The second-order valence-corrected chi connectivity index (χ2v) is 8.65. The Hall–Kier alpha value is -2.36. The molecule has 0 amide bonds. The Bertz CT molecular complexity index is 1130. The zero-order chi connectivity index (χ0) is 19.0. The lowest BCUT2D eigenvalue weighted by Gasteiger charge is -2.09.